The van der Waals surface area contributed by atoms with Gasteiger partial charge in [-0.15, -0.1) is 0 Å². The molecule has 0 aliphatic carbocycles. The van der Waals surface area contributed by atoms with Gasteiger partial charge in [0.15, 0.2) is 0 Å². The van der Waals surface area contributed by atoms with Crippen LogP contribution in [0, 0.1) is 12.8 Å². The van der Waals surface area contributed by atoms with E-state index in [1.54, 1.807) is 12.1 Å². The highest BCUT2D eigenvalue weighted by molar-refractivity contribution is 6.31. The Balaban J connectivity index is 1.14. The van der Waals surface area contributed by atoms with Crippen LogP contribution < -0.4 is 4.74 Å². The predicted octanol–water partition coefficient (Wildman–Crippen LogP) is 4.55. The first-order valence-corrected chi connectivity index (χ1v) is 12.5. The zero-order chi connectivity index (χ0) is 24.5. The summed E-state index contributed by atoms with van der Waals surface area (Å²) in [6.07, 6.45) is 1.13. The van der Waals surface area contributed by atoms with E-state index in [2.05, 4.69) is 4.90 Å². The van der Waals surface area contributed by atoms with E-state index in [1.165, 1.54) is 4.90 Å². The number of aliphatic hydroxyl groups excluding tert-OH is 1. The molecule has 7 heteroatoms. The summed E-state index contributed by atoms with van der Waals surface area (Å²) < 4.78 is 5.73. The lowest BCUT2D eigenvalue weighted by Gasteiger charge is -2.36. The third-order valence-electron chi connectivity index (χ3n) is 7.04. The molecule has 0 spiro atoms. The van der Waals surface area contributed by atoms with Crippen LogP contribution in [-0.4, -0.2) is 65.6 Å². The highest BCUT2D eigenvalue weighted by Crippen LogP contribution is 2.31. The van der Waals surface area contributed by atoms with Gasteiger partial charge in [0.2, 0.25) is 0 Å². The van der Waals surface area contributed by atoms with E-state index in [-0.39, 0.29) is 24.3 Å². The molecule has 1 atom stereocenters. The normalized spacial score (nSPS) is 17.7. The highest BCUT2D eigenvalue weighted by Gasteiger charge is 2.34. The number of aryl methyl sites for hydroxylation is 1. The minimum atomic E-state index is -0.607. The molecular weight excluding hydrogens is 464 g/mol. The Labute approximate surface area is 210 Å². The van der Waals surface area contributed by atoms with Crippen LogP contribution in [0.2, 0.25) is 5.02 Å². The fourth-order valence-electron chi connectivity index (χ4n) is 5.11. The Bertz CT molecular complexity index is 1220. The predicted molar refractivity (Wildman–Crippen MR) is 136 cm³/mol. The molecular formula is C28H29ClN2O4. The van der Waals surface area contributed by atoms with Gasteiger partial charge in [-0.3, -0.25) is 14.5 Å². The molecule has 1 N–H and O–H groups in total. The van der Waals surface area contributed by atoms with Crippen LogP contribution in [0.4, 0.5) is 0 Å². The Hall–Kier alpha value is -2.93. The minimum absolute atomic E-state index is 0.202. The monoisotopic (exact) mass is 492 g/mol. The number of carbonyl (C=O) groups excluding carboxylic acids is 2. The number of carbonyl (C=O) groups is 2. The summed E-state index contributed by atoms with van der Waals surface area (Å²) in [4.78, 5) is 30.0. The fourth-order valence-corrected chi connectivity index (χ4v) is 5.22. The lowest BCUT2D eigenvalue weighted by Crippen LogP contribution is -2.46. The minimum Gasteiger partial charge on any atom is -0.491 e. The number of piperidine rings is 1. The number of likely N-dealkylation sites (tertiary alicyclic amines) is 1. The molecule has 2 amide bonds. The maximum absolute atomic E-state index is 13.2. The third kappa shape index (κ3) is 4.92. The number of imide groups is 1. The van der Waals surface area contributed by atoms with Gasteiger partial charge in [0.05, 0.1) is 0 Å². The van der Waals surface area contributed by atoms with Gasteiger partial charge in [-0.1, -0.05) is 35.9 Å². The molecule has 5 rings (SSSR count). The zero-order valence-electron chi connectivity index (χ0n) is 19.7. The number of amides is 2. The molecule has 0 aromatic heterocycles. The van der Waals surface area contributed by atoms with Crippen molar-refractivity contribution in [3.8, 4) is 5.75 Å². The van der Waals surface area contributed by atoms with E-state index in [4.69, 9.17) is 16.3 Å². The highest BCUT2D eigenvalue weighted by atomic mass is 35.5. The largest absolute Gasteiger partial charge is 0.491 e. The maximum Gasteiger partial charge on any atom is 0.261 e. The van der Waals surface area contributed by atoms with E-state index >= 15 is 0 Å². The molecule has 2 aliphatic heterocycles. The Morgan fingerprint density at radius 3 is 2.31 bits per heavy atom. The van der Waals surface area contributed by atoms with E-state index in [0.717, 1.165) is 42.3 Å². The van der Waals surface area contributed by atoms with Crippen LogP contribution in [0.25, 0.3) is 10.8 Å². The number of β-amino-alcohol motifs (C(OH)–C–C–N with tert-alkyl or cyclic N) is 1. The summed E-state index contributed by atoms with van der Waals surface area (Å²) in [6.45, 7) is 4.70. The van der Waals surface area contributed by atoms with E-state index in [0.29, 0.717) is 35.0 Å². The number of benzene rings is 3. The molecule has 0 radical (unpaired) electrons. The molecule has 1 fully saturated rings. The van der Waals surface area contributed by atoms with Gasteiger partial charge in [0.1, 0.15) is 18.5 Å². The summed E-state index contributed by atoms with van der Waals surface area (Å²) in [5.41, 5.74) is 2.15. The summed E-state index contributed by atoms with van der Waals surface area (Å²) in [6, 6.07) is 16.7. The summed E-state index contributed by atoms with van der Waals surface area (Å²) in [5, 5.41) is 12.8. The second kappa shape index (κ2) is 9.97. The van der Waals surface area contributed by atoms with Crippen molar-refractivity contribution in [1.29, 1.82) is 0 Å². The van der Waals surface area contributed by atoms with Crippen LogP contribution in [0.1, 0.15) is 39.1 Å². The van der Waals surface area contributed by atoms with Crippen molar-refractivity contribution >= 4 is 34.2 Å². The lowest BCUT2D eigenvalue weighted by molar-refractivity contribution is 0.0453. The summed E-state index contributed by atoms with van der Waals surface area (Å²) >= 11 is 6.05. The summed E-state index contributed by atoms with van der Waals surface area (Å²) in [5.74, 6) is 0.533. The van der Waals surface area contributed by atoms with E-state index in [1.807, 2.05) is 49.4 Å². The van der Waals surface area contributed by atoms with Crippen molar-refractivity contribution in [2.24, 2.45) is 5.92 Å². The van der Waals surface area contributed by atoms with Crippen molar-refractivity contribution < 1.29 is 19.4 Å². The Kier molecular flexibility index (Phi) is 6.78. The van der Waals surface area contributed by atoms with Gasteiger partial charge >= 0.3 is 0 Å². The van der Waals surface area contributed by atoms with Crippen molar-refractivity contribution in [3.05, 3.63) is 76.3 Å². The van der Waals surface area contributed by atoms with Crippen molar-refractivity contribution in [2.75, 3.05) is 32.8 Å². The first kappa shape index (κ1) is 23.8. The Morgan fingerprint density at radius 2 is 1.69 bits per heavy atom. The van der Waals surface area contributed by atoms with Crippen molar-refractivity contribution in [2.45, 2.75) is 25.9 Å². The van der Waals surface area contributed by atoms with E-state index < -0.39 is 6.10 Å². The lowest BCUT2D eigenvalue weighted by atomic mass is 9.91. The first-order chi connectivity index (χ1) is 16.9. The van der Waals surface area contributed by atoms with Gasteiger partial charge in [-0.05, 0) is 80.1 Å². The number of hydrogen-bond donors (Lipinski definition) is 1. The molecule has 3 aromatic carbocycles. The SMILES string of the molecule is Cc1cc(OCC(O)CN2CCC(CN3C(=O)c4cccc5cccc(c45)C3=O)CC2)ccc1Cl. The fraction of sp³-hybridized carbons (Fsp3) is 0.357. The van der Waals surface area contributed by atoms with Crippen LogP contribution in [0.5, 0.6) is 5.75 Å². The maximum atomic E-state index is 13.2. The van der Waals surface area contributed by atoms with Gasteiger partial charge in [-0.2, -0.15) is 0 Å². The number of rotatable bonds is 7. The van der Waals surface area contributed by atoms with Gasteiger partial charge in [0.25, 0.3) is 11.8 Å². The number of hydrogen-bond acceptors (Lipinski definition) is 5. The molecule has 0 saturated carbocycles. The second-order valence-corrected chi connectivity index (χ2v) is 9.96. The molecule has 3 aromatic rings. The standard InChI is InChI=1S/C28H29ClN2O4/c1-18-14-22(8-9-25(18)29)35-17-21(32)16-30-12-10-19(11-13-30)15-31-27(33)23-6-2-4-20-5-3-7-24(26(20)23)28(31)34/h2-9,14,19,21,32H,10-13,15-17H2,1H3. The molecule has 2 heterocycles. The van der Waals surface area contributed by atoms with Crippen LogP contribution in [0.15, 0.2) is 54.6 Å². The second-order valence-electron chi connectivity index (χ2n) is 9.55. The van der Waals surface area contributed by atoms with Crippen molar-refractivity contribution in [3.63, 3.8) is 0 Å². The average molecular weight is 493 g/mol. The number of halogens is 1. The quantitative estimate of drug-likeness (QED) is 0.490. The Morgan fingerprint density at radius 1 is 1.03 bits per heavy atom. The molecule has 0 bridgehead atoms. The van der Waals surface area contributed by atoms with Gasteiger partial charge in [0, 0.05) is 34.6 Å². The smallest absolute Gasteiger partial charge is 0.261 e. The number of aliphatic hydroxyl groups is 1. The van der Waals surface area contributed by atoms with Crippen LogP contribution in [-0.2, 0) is 0 Å². The first-order valence-electron chi connectivity index (χ1n) is 12.1. The molecule has 182 valence electrons. The molecule has 2 aliphatic rings. The molecule has 35 heavy (non-hydrogen) atoms. The van der Waals surface area contributed by atoms with Crippen LogP contribution >= 0.6 is 11.6 Å². The molecule has 1 unspecified atom stereocenters. The van der Waals surface area contributed by atoms with E-state index in [9.17, 15) is 14.7 Å². The number of ether oxygens (including phenoxy) is 1. The van der Waals surface area contributed by atoms with Gasteiger partial charge < -0.3 is 14.7 Å². The summed E-state index contributed by atoms with van der Waals surface area (Å²) in [7, 11) is 0. The van der Waals surface area contributed by atoms with Crippen molar-refractivity contribution in [1.82, 2.24) is 9.80 Å². The zero-order valence-corrected chi connectivity index (χ0v) is 20.5. The van der Waals surface area contributed by atoms with Gasteiger partial charge in [-0.25, -0.2) is 0 Å². The molecule has 6 nitrogen and oxygen atoms in total. The molecule has 1 saturated heterocycles. The van der Waals surface area contributed by atoms with Crippen LogP contribution in [0.3, 0.4) is 0 Å². The third-order valence-corrected chi connectivity index (χ3v) is 7.47. The number of nitrogens with zero attached hydrogens (tertiary/aromatic N) is 2. The average Bonchev–Trinajstić information content (AvgIpc) is 2.86. The topological polar surface area (TPSA) is 70.1 Å².